The molecule has 5 nitrogen and oxygen atoms in total. The van der Waals surface area contributed by atoms with Crippen LogP contribution in [0.4, 0.5) is 5.69 Å². The van der Waals surface area contributed by atoms with E-state index in [4.69, 9.17) is 21.7 Å². The van der Waals surface area contributed by atoms with Crippen LogP contribution < -0.4 is 10.1 Å². The lowest BCUT2D eigenvalue weighted by atomic mass is 9.76. The van der Waals surface area contributed by atoms with Crippen molar-refractivity contribution in [2.45, 2.75) is 66.0 Å². The molecular formula is C22H34ClN3O2. The maximum Gasteiger partial charge on any atom is 0.223 e. The van der Waals surface area contributed by atoms with Crippen molar-refractivity contribution in [2.75, 3.05) is 19.5 Å². The van der Waals surface area contributed by atoms with Crippen molar-refractivity contribution in [1.29, 1.82) is 5.41 Å². The number of rotatable bonds is 6. The van der Waals surface area contributed by atoms with Gasteiger partial charge < -0.3 is 20.4 Å². The van der Waals surface area contributed by atoms with Crippen LogP contribution in [0.3, 0.4) is 0 Å². The second kappa shape index (κ2) is 8.73. The summed E-state index contributed by atoms with van der Waals surface area (Å²) in [4.78, 5) is 15.1. The SMILES string of the molecule is CNc1ccc(OC)c(Cl)c1C(=N)C(C)CC(=O)N1C(C)CC(C)(C)CC1C. The van der Waals surface area contributed by atoms with Gasteiger partial charge in [-0.15, -0.1) is 0 Å². The second-order valence-electron chi connectivity index (χ2n) is 8.84. The molecule has 6 heteroatoms. The number of hydrogen-bond donors (Lipinski definition) is 2. The Morgan fingerprint density at radius 2 is 1.93 bits per heavy atom. The third-order valence-electron chi connectivity index (χ3n) is 5.77. The van der Waals surface area contributed by atoms with Crippen LogP contribution in [0.5, 0.6) is 5.75 Å². The van der Waals surface area contributed by atoms with Gasteiger partial charge >= 0.3 is 0 Å². The van der Waals surface area contributed by atoms with Crippen molar-refractivity contribution < 1.29 is 9.53 Å². The molecule has 3 unspecified atom stereocenters. The highest BCUT2D eigenvalue weighted by atomic mass is 35.5. The molecule has 0 aromatic heterocycles. The van der Waals surface area contributed by atoms with Gasteiger partial charge in [-0.05, 0) is 44.2 Å². The third kappa shape index (κ3) is 4.62. The number of carbonyl (C=O) groups excluding carboxylic acids is 1. The smallest absolute Gasteiger partial charge is 0.223 e. The number of methoxy groups -OCH3 is 1. The molecule has 28 heavy (non-hydrogen) atoms. The number of halogens is 1. The van der Waals surface area contributed by atoms with Crippen LogP contribution in [0.15, 0.2) is 12.1 Å². The monoisotopic (exact) mass is 407 g/mol. The van der Waals surface area contributed by atoms with E-state index >= 15 is 0 Å². The minimum absolute atomic E-state index is 0.109. The van der Waals surface area contributed by atoms with Gasteiger partial charge in [0.25, 0.3) is 0 Å². The Morgan fingerprint density at radius 3 is 2.43 bits per heavy atom. The highest BCUT2D eigenvalue weighted by Crippen LogP contribution is 2.38. The van der Waals surface area contributed by atoms with Crippen molar-refractivity contribution >= 4 is 28.9 Å². The van der Waals surface area contributed by atoms with Crippen LogP contribution >= 0.6 is 11.6 Å². The number of benzene rings is 1. The lowest BCUT2D eigenvalue weighted by Gasteiger charge is -2.47. The number of amides is 1. The van der Waals surface area contributed by atoms with E-state index in [1.807, 2.05) is 17.9 Å². The van der Waals surface area contributed by atoms with E-state index in [2.05, 4.69) is 33.0 Å². The Bertz CT molecular complexity index is 734. The number of anilines is 1. The molecule has 0 spiro atoms. The van der Waals surface area contributed by atoms with Crippen molar-refractivity contribution in [3.63, 3.8) is 0 Å². The fourth-order valence-electron chi connectivity index (χ4n) is 4.71. The largest absolute Gasteiger partial charge is 0.495 e. The van der Waals surface area contributed by atoms with E-state index in [9.17, 15) is 4.79 Å². The molecule has 156 valence electrons. The Hall–Kier alpha value is -1.75. The van der Waals surface area contributed by atoms with Crippen molar-refractivity contribution in [3.8, 4) is 5.75 Å². The van der Waals surface area contributed by atoms with Crippen LogP contribution in [0.25, 0.3) is 0 Å². The van der Waals surface area contributed by atoms with Crippen LogP contribution in [0.2, 0.25) is 5.02 Å². The zero-order chi connectivity index (χ0) is 21.2. The summed E-state index contributed by atoms with van der Waals surface area (Å²) in [5.41, 5.74) is 1.96. The maximum absolute atomic E-state index is 13.1. The van der Waals surface area contributed by atoms with Gasteiger partial charge in [0.1, 0.15) is 5.75 Å². The molecule has 1 heterocycles. The van der Waals surface area contributed by atoms with Gasteiger partial charge in [0.05, 0.1) is 12.1 Å². The molecule has 1 saturated heterocycles. The zero-order valence-electron chi connectivity index (χ0n) is 18.1. The molecule has 0 radical (unpaired) electrons. The predicted octanol–water partition coefficient (Wildman–Crippen LogP) is 5.21. The minimum atomic E-state index is -0.251. The Kier molecular flexibility index (Phi) is 7.02. The first-order valence-electron chi connectivity index (χ1n) is 9.96. The average Bonchev–Trinajstić information content (AvgIpc) is 2.58. The molecule has 0 saturated carbocycles. The summed E-state index contributed by atoms with van der Waals surface area (Å²) >= 11 is 6.49. The number of likely N-dealkylation sites (tertiary alicyclic amines) is 1. The fourth-order valence-corrected chi connectivity index (χ4v) is 5.05. The highest BCUT2D eigenvalue weighted by molar-refractivity contribution is 6.36. The van der Waals surface area contributed by atoms with Crippen LogP contribution in [0, 0.1) is 16.7 Å². The molecule has 1 amide bonds. The molecule has 1 aromatic carbocycles. The lowest BCUT2D eigenvalue weighted by molar-refractivity contribution is -0.140. The normalized spacial score (nSPS) is 22.5. The minimum Gasteiger partial charge on any atom is -0.495 e. The number of hydrogen-bond acceptors (Lipinski definition) is 4. The fraction of sp³-hybridized carbons (Fsp3) is 0.636. The van der Waals surface area contributed by atoms with E-state index in [-0.39, 0.29) is 29.3 Å². The third-order valence-corrected chi connectivity index (χ3v) is 6.15. The number of piperidine rings is 1. The first-order valence-corrected chi connectivity index (χ1v) is 10.3. The Balaban J connectivity index is 2.20. The van der Waals surface area contributed by atoms with Gasteiger partial charge in [0.2, 0.25) is 5.91 Å². The molecule has 1 aromatic rings. The Morgan fingerprint density at radius 1 is 1.36 bits per heavy atom. The molecule has 3 atom stereocenters. The van der Waals surface area contributed by atoms with Crippen LogP contribution in [-0.2, 0) is 4.79 Å². The summed E-state index contributed by atoms with van der Waals surface area (Å²) in [6, 6.07) is 4.04. The van der Waals surface area contributed by atoms with E-state index < -0.39 is 0 Å². The van der Waals surface area contributed by atoms with E-state index in [0.717, 1.165) is 18.5 Å². The van der Waals surface area contributed by atoms with Crippen molar-refractivity contribution in [1.82, 2.24) is 4.90 Å². The first-order chi connectivity index (χ1) is 13.0. The summed E-state index contributed by atoms with van der Waals surface area (Å²) in [5, 5.41) is 12.2. The van der Waals surface area contributed by atoms with Gasteiger partial charge in [-0.2, -0.15) is 0 Å². The molecule has 1 fully saturated rings. The second-order valence-corrected chi connectivity index (χ2v) is 9.22. The number of ether oxygens (including phenoxy) is 1. The first kappa shape index (κ1) is 22.5. The standard InChI is InChI=1S/C22H34ClN3O2/c1-13(10-18(27)26-14(2)11-22(4,5)12-15(26)3)21(24)19-16(25-6)8-9-17(28-7)20(19)23/h8-9,13-15,24-25H,10-12H2,1-7H3. The quantitative estimate of drug-likeness (QED) is 0.636. The summed E-state index contributed by atoms with van der Waals surface area (Å²) < 4.78 is 5.31. The van der Waals surface area contributed by atoms with Gasteiger partial charge in [-0.1, -0.05) is 32.4 Å². The van der Waals surface area contributed by atoms with Gasteiger partial charge in [0, 0.05) is 48.4 Å². The lowest BCUT2D eigenvalue weighted by Crippen LogP contribution is -2.52. The van der Waals surface area contributed by atoms with Gasteiger partial charge in [0.15, 0.2) is 0 Å². The summed E-state index contributed by atoms with van der Waals surface area (Å²) in [6.45, 7) is 10.7. The summed E-state index contributed by atoms with van der Waals surface area (Å²) in [7, 11) is 3.35. The van der Waals surface area contributed by atoms with E-state index in [1.165, 1.54) is 0 Å². The Labute approximate surface area is 174 Å². The molecule has 0 bridgehead atoms. The highest BCUT2D eigenvalue weighted by Gasteiger charge is 2.38. The molecule has 1 aliphatic rings. The average molecular weight is 408 g/mol. The summed E-state index contributed by atoms with van der Waals surface area (Å²) in [5.74, 6) is 0.385. The number of carbonyl (C=O) groups is 1. The molecule has 2 rings (SSSR count). The van der Waals surface area contributed by atoms with Crippen molar-refractivity contribution in [2.24, 2.45) is 11.3 Å². The van der Waals surface area contributed by atoms with Crippen LogP contribution in [0.1, 0.15) is 59.4 Å². The molecular weight excluding hydrogens is 374 g/mol. The van der Waals surface area contributed by atoms with Crippen molar-refractivity contribution in [3.05, 3.63) is 22.7 Å². The summed E-state index contributed by atoms with van der Waals surface area (Å²) in [6.07, 6.45) is 2.30. The van der Waals surface area contributed by atoms with Gasteiger partial charge in [-0.25, -0.2) is 0 Å². The molecule has 0 aliphatic carbocycles. The predicted molar refractivity (Wildman–Crippen MR) is 117 cm³/mol. The van der Waals surface area contributed by atoms with E-state index in [1.54, 1.807) is 20.2 Å². The molecule has 1 aliphatic heterocycles. The topological polar surface area (TPSA) is 65.4 Å². The number of nitrogens with one attached hydrogen (secondary N) is 2. The van der Waals surface area contributed by atoms with Crippen LogP contribution in [-0.4, -0.2) is 42.8 Å². The number of nitrogens with zero attached hydrogens (tertiary/aromatic N) is 1. The van der Waals surface area contributed by atoms with E-state index in [0.29, 0.717) is 28.5 Å². The molecule has 2 N–H and O–H groups in total. The zero-order valence-corrected chi connectivity index (χ0v) is 18.9. The van der Waals surface area contributed by atoms with Gasteiger partial charge in [-0.3, -0.25) is 4.79 Å². The maximum atomic E-state index is 13.1.